The van der Waals surface area contributed by atoms with Crippen molar-refractivity contribution < 1.29 is 9.90 Å². The van der Waals surface area contributed by atoms with Gasteiger partial charge >= 0.3 is 5.97 Å². The average Bonchev–Trinajstić information content (AvgIpc) is 2.40. The van der Waals surface area contributed by atoms with Crippen molar-refractivity contribution in [3.63, 3.8) is 0 Å². The molecule has 98 valence electrons. The molecule has 0 bridgehead atoms. The van der Waals surface area contributed by atoms with E-state index < -0.39 is 5.97 Å². The number of carbonyl (C=O) groups is 1. The van der Waals surface area contributed by atoms with Crippen LogP contribution < -0.4 is 0 Å². The summed E-state index contributed by atoms with van der Waals surface area (Å²) in [5.74, 6) is -0.768. The molecule has 1 N–H and O–H groups in total. The molecule has 0 radical (unpaired) electrons. The molecule has 1 fully saturated rings. The molecule has 1 atom stereocenters. The smallest absolute Gasteiger partial charge is 0.306 e. The van der Waals surface area contributed by atoms with E-state index in [1.165, 1.54) is 5.56 Å². The minimum atomic E-state index is -0.634. The maximum Gasteiger partial charge on any atom is 0.306 e. The number of nitrogens with zero attached hydrogens (tertiary/aromatic N) is 1. The summed E-state index contributed by atoms with van der Waals surface area (Å²) in [7, 11) is 0. The lowest BCUT2D eigenvalue weighted by molar-refractivity contribution is -0.143. The monoisotopic (exact) mass is 247 g/mol. The third kappa shape index (κ3) is 3.33. The largest absolute Gasteiger partial charge is 0.481 e. The van der Waals surface area contributed by atoms with E-state index in [1.54, 1.807) is 0 Å². The van der Waals surface area contributed by atoms with Crippen molar-refractivity contribution in [1.82, 2.24) is 4.90 Å². The van der Waals surface area contributed by atoms with Crippen LogP contribution in [0.3, 0.4) is 0 Å². The first kappa shape index (κ1) is 13.1. The van der Waals surface area contributed by atoms with Crippen molar-refractivity contribution in [3.05, 3.63) is 35.9 Å². The summed E-state index contributed by atoms with van der Waals surface area (Å²) in [6, 6.07) is 11.0. The summed E-state index contributed by atoms with van der Waals surface area (Å²) in [5, 5.41) is 8.98. The van der Waals surface area contributed by atoms with Crippen LogP contribution in [0.15, 0.2) is 30.3 Å². The molecule has 2 rings (SSSR count). The van der Waals surface area contributed by atoms with Gasteiger partial charge in [0.1, 0.15) is 0 Å². The van der Waals surface area contributed by atoms with Gasteiger partial charge in [0, 0.05) is 6.04 Å². The summed E-state index contributed by atoms with van der Waals surface area (Å²) in [6.07, 6.45) is 2.61. The predicted octanol–water partition coefficient (Wildman–Crippen LogP) is 2.41. The normalized spacial score (nSPS) is 19.6. The summed E-state index contributed by atoms with van der Waals surface area (Å²) in [4.78, 5) is 13.3. The maximum absolute atomic E-state index is 10.9. The first-order chi connectivity index (χ1) is 8.66. The minimum Gasteiger partial charge on any atom is -0.481 e. The summed E-state index contributed by atoms with van der Waals surface area (Å²) < 4.78 is 0. The molecule has 1 aromatic carbocycles. The van der Waals surface area contributed by atoms with Crippen LogP contribution in [0, 0.1) is 5.92 Å². The Bertz CT molecular complexity index is 383. The van der Waals surface area contributed by atoms with Gasteiger partial charge in [0.15, 0.2) is 0 Å². The molecule has 3 nitrogen and oxygen atoms in total. The standard InChI is InChI=1S/C15H21NO2/c1-12(11-13-5-3-2-4-6-13)16-9-7-14(8-10-16)15(17)18/h2-6,12,14H,7-11H2,1H3,(H,17,18). The van der Waals surface area contributed by atoms with Crippen molar-refractivity contribution in [2.45, 2.75) is 32.2 Å². The van der Waals surface area contributed by atoms with E-state index in [2.05, 4.69) is 36.1 Å². The molecule has 0 amide bonds. The second-order valence-corrected chi connectivity index (χ2v) is 5.19. The van der Waals surface area contributed by atoms with E-state index in [0.717, 1.165) is 32.4 Å². The number of hydrogen-bond donors (Lipinski definition) is 1. The van der Waals surface area contributed by atoms with Crippen molar-refractivity contribution in [1.29, 1.82) is 0 Å². The Hall–Kier alpha value is -1.35. The highest BCUT2D eigenvalue weighted by molar-refractivity contribution is 5.70. The van der Waals surface area contributed by atoms with Gasteiger partial charge in [-0.25, -0.2) is 0 Å². The average molecular weight is 247 g/mol. The summed E-state index contributed by atoms with van der Waals surface area (Å²) in [5.41, 5.74) is 1.35. The first-order valence-corrected chi connectivity index (χ1v) is 6.67. The lowest BCUT2D eigenvalue weighted by Gasteiger charge is -2.34. The molecule has 1 heterocycles. The summed E-state index contributed by atoms with van der Waals surface area (Å²) >= 11 is 0. The molecular weight excluding hydrogens is 226 g/mol. The highest BCUT2D eigenvalue weighted by Crippen LogP contribution is 2.20. The molecule has 1 saturated heterocycles. The fraction of sp³-hybridized carbons (Fsp3) is 0.533. The molecule has 0 spiro atoms. The van der Waals surface area contributed by atoms with Gasteiger partial charge in [-0.1, -0.05) is 30.3 Å². The fourth-order valence-corrected chi connectivity index (χ4v) is 2.67. The van der Waals surface area contributed by atoms with Gasteiger partial charge in [0.25, 0.3) is 0 Å². The van der Waals surface area contributed by atoms with E-state index in [0.29, 0.717) is 6.04 Å². The molecule has 1 aliphatic rings. The number of likely N-dealkylation sites (tertiary alicyclic amines) is 1. The molecular formula is C15H21NO2. The third-order valence-corrected chi connectivity index (χ3v) is 3.88. The fourth-order valence-electron chi connectivity index (χ4n) is 2.67. The zero-order valence-electron chi connectivity index (χ0n) is 10.9. The van der Waals surface area contributed by atoms with Crippen molar-refractivity contribution >= 4 is 5.97 Å². The van der Waals surface area contributed by atoms with Crippen molar-refractivity contribution in [3.8, 4) is 0 Å². The van der Waals surface area contributed by atoms with Gasteiger partial charge in [-0.2, -0.15) is 0 Å². The summed E-state index contributed by atoms with van der Waals surface area (Å²) in [6.45, 7) is 4.05. The van der Waals surface area contributed by atoms with Gasteiger partial charge in [0.05, 0.1) is 5.92 Å². The molecule has 0 saturated carbocycles. The maximum atomic E-state index is 10.9. The molecule has 1 aliphatic heterocycles. The van der Waals surface area contributed by atoms with Gasteiger partial charge in [-0.15, -0.1) is 0 Å². The zero-order chi connectivity index (χ0) is 13.0. The van der Waals surface area contributed by atoms with Crippen LogP contribution in [-0.4, -0.2) is 35.1 Å². The SMILES string of the molecule is CC(Cc1ccccc1)N1CCC(C(=O)O)CC1. The number of carboxylic acid groups (broad SMARTS) is 1. The highest BCUT2D eigenvalue weighted by Gasteiger charge is 2.26. The van der Waals surface area contributed by atoms with Crippen LogP contribution in [-0.2, 0) is 11.2 Å². The Morgan fingerprint density at radius 3 is 2.50 bits per heavy atom. The Labute approximate surface area is 108 Å². The van der Waals surface area contributed by atoms with Gasteiger partial charge in [0.2, 0.25) is 0 Å². The Balaban J connectivity index is 1.84. The lowest BCUT2D eigenvalue weighted by atomic mass is 9.95. The number of rotatable bonds is 4. The van der Waals surface area contributed by atoms with Gasteiger partial charge < -0.3 is 10.0 Å². The van der Waals surface area contributed by atoms with Gasteiger partial charge in [-0.05, 0) is 44.8 Å². The number of hydrogen-bond acceptors (Lipinski definition) is 2. The second-order valence-electron chi connectivity index (χ2n) is 5.19. The number of carboxylic acids is 1. The van der Waals surface area contributed by atoms with E-state index >= 15 is 0 Å². The van der Waals surface area contributed by atoms with Crippen LogP contribution in [0.25, 0.3) is 0 Å². The molecule has 3 heteroatoms. The second kappa shape index (κ2) is 6.01. The molecule has 0 aliphatic carbocycles. The number of piperidine rings is 1. The first-order valence-electron chi connectivity index (χ1n) is 6.67. The minimum absolute atomic E-state index is 0.134. The van der Waals surface area contributed by atoms with E-state index in [-0.39, 0.29) is 5.92 Å². The van der Waals surface area contributed by atoms with Crippen molar-refractivity contribution in [2.75, 3.05) is 13.1 Å². The van der Waals surface area contributed by atoms with Crippen LogP contribution in [0.1, 0.15) is 25.3 Å². The molecule has 18 heavy (non-hydrogen) atoms. The van der Waals surface area contributed by atoms with Crippen LogP contribution in [0.2, 0.25) is 0 Å². The van der Waals surface area contributed by atoms with E-state index in [9.17, 15) is 4.79 Å². The van der Waals surface area contributed by atoms with Crippen LogP contribution in [0.4, 0.5) is 0 Å². The Kier molecular flexibility index (Phi) is 4.37. The highest BCUT2D eigenvalue weighted by atomic mass is 16.4. The Morgan fingerprint density at radius 2 is 1.94 bits per heavy atom. The lowest BCUT2D eigenvalue weighted by Crippen LogP contribution is -2.42. The van der Waals surface area contributed by atoms with E-state index in [4.69, 9.17) is 5.11 Å². The predicted molar refractivity (Wildman–Crippen MR) is 71.5 cm³/mol. The van der Waals surface area contributed by atoms with Gasteiger partial charge in [-0.3, -0.25) is 4.79 Å². The molecule has 0 aromatic heterocycles. The topological polar surface area (TPSA) is 40.5 Å². The van der Waals surface area contributed by atoms with Crippen molar-refractivity contribution in [2.24, 2.45) is 5.92 Å². The van der Waals surface area contributed by atoms with E-state index in [1.807, 2.05) is 6.07 Å². The number of benzene rings is 1. The molecule has 1 aromatic rings. The third-order valence-electron chi connectivity index (χ3n) is 3.88. The molecule has 1 unspecified atom stereocenters. The quantitative estimate of drug-likeness (QED) is 0.888. The van der Waals surface area contributed by atoms with Crippen LogP contribution in [0.5, 0.6) is 0 Å². The van der Waals surface area contributed by atoms with Crippen LogP contribution >= 0.6 is 0 Å². The number of aliphatic carboxylic acids is 1. The Morgan fingerprint density at radius 1 is 1.33 bits per heavy atom. The zero-order valence-corrected chi connectivity index (χ0v) is 10.9.